The molecule has 0 aliphatic rings. The highest BCUT2D eigenvalue weighted by atomic mass is 19.1. The van der Waals surface area contributed by atoms with Crippen molar-refractivity contribution in [3.63, 3.8) is 0 Å². The number of carbonyl (C=O) groups is 1. The number of nitrogens with zero attached hydrogens (tertiary/aromatic N) is 1. The highest BCUT2D eigenvalue weighted by Gasteiger charge is 2.13. The Morgan fingerprint density at radius 2 is 1.81 bits per heavy atom. The van der Waals surface area contributed by atoms with Crippen LogP contribution in [0.3, 0.4) is 0 Å². The third kappa shape index (κ3) is 4.22. The number of benzene rings is 3. The predicted octanol–water partition coefficient (Wildman–Crippen LogP) is 5.41. The second-order valence-electron chi connectivity index (χ2n) is 5.99. The molecular weight excluding hydrogens is 329 g/mol. The fourth-order valence-electron chi connectivity index (χ4n) is 2.54. The van der Waals surface area contributed by atoms with Gasteiger partial charge in [0.05, 0.1) is 11.3 Å². The summed E-state index contributed by atoms with van der Waals surface area (Å²) in [6.07, 6.45) is 1.71. The van der Waals surface area contributed by atoms with Crippen LogP contribution in [0.4, 0.5) is 10.1 Å². The van der Waals surface area contributed by atoms with Crippen molar-refractivity contribution in [3.05, 3.63) is 94.8 Å². The van der Waals surface area contributed by atoms with Gasteiger partial charge in [0.15, 0.2) is 0 Å². The zero-order chi connectivity index (χ0) is 18.5. The minimum atomic E-state index is -0.730. The molecule has 3 aromatic carbocycles. The Morgan fingerprint density at radius 1 is 1.00 bits per heavy atom. The van der Waals surface area contributed by atoms with E-state index >= 15 is 0 Å². The Labute approximate surface area is 151 Å². The highest BCUT2D eigenvalue weighted by Crippen LogP contribution is 2.20. The third-order valence-electron chi connectivity index (χ3n) is 3.87. The molecule has 0 aliphatic heterocycles. The summed E-state index contributed by atoms with van der Waals surface area (Å²) in [5, 5.41) is 0. The van der Waals surface area contributed by atoms with E-state index in [0.717, 1.165) is 16.8 Å². The van der Waals surface area contributed by atoms with Crippen LogP contribution in [-0.2, 0) is 0 Å². The SMILES string of the molecule is Cc1ccc(N=Cc2cccc(OC(=O)c3ccccc3F)c2)c(C)c1. The molecule has 3 nitrogen and oxygen atoms in total. The van der Waals surface area contributed by atoms with Crippen LogP contribution in [-0.4, -0.2) is 12.2 Å². The molecule has 0 bridgehead atoms. The predicted molar refractivity (Wildman–Crippen MR) is 101 cm³/mol. The topological polar surface area (TPSA) is 38.7 Å². The normalized spacial score (nSPS) is 10.9. The van der Waals surface area contributed by atoms with Crippen molar-refractivity contribution >= 4 is 17.9 Å². The first kappa shape index (κ1) is 17.5. The number of halogens is 1. The minimum Gasteiger partial charge on any atom is -0.423 e. The van der Waals surface area contributed by atoms with Gasteiger partial charge < -0.3 is 4.74 Å². The number of aliphatic imine (C=N–C) groups is 1. The van der Waals surface area contributed by atoms with Gasteiger partial charge in [-0.05, 0) is 55.3 Å². The summed E-state index contributed by atoms with van der Waals surface area (Å²) < 4.78 is 18.9. The lowest BCUT2D eigenvalue weighted by atomic mass is 10.1. The molecule has 0 saturated heterocycles. The average molecular weight is 347 g/mol. The quantitative estimate of drug-likeness (QED) is 0.359. The molecule has 130 valence electrons. The van der Waals surface area contributed by atoms with Crippen molar-refractivity contribution in [2.24, 2.45) is 4.99 Å². The molecule has 0 aromatic heterocycles. The lowest BCUT2D eigenvalue weighted by molar-refractivity contribution is 0.0730. The molecule has 0 N–H and O–H groups in total. The zero-order valence-electron chi connectivity index (χ0n) is 14.6. The van der Waals surface area contributed by atoms with E-state index in [1.807, 2.05) is 32.0 Å². The van der Waals surface area contributed by atoms with E-state index < -0.39 is 11.8 Å². The van der Waals surface area contributed by atoms with E-state index in [0.29, 0.717) is 5.75 Å². The lowest BCUT2D eigenvalue weighted by Gasteiger charge is -2.06. The summed E-state index contributed by atoms with van der Waals surface area (Å²) in [6.45, 7) is 4.04. The number of aryl methyl sites for hydroxylation is 2. The van der Waals surface area contributed by atoms with Gasteiger partial charge >= 0.3 is 5.97 Å². The number of rotatable bonds is 4. The molecule has 0 heterocycles. The molecule has 4 heteroatoms. The van der Waals surface area contributed by atoms with Crippen LogP contribution in [0.2, 0.25) is 0 Å². The maximum Gasteiger partial charge on any atom is 0.346 e. The summed E-state index contributed by atoms with van der Waals surface area (Å²) in [7, 11) is 0. The summed E-state index contributed by atoms with van der Waals surface area (Å²) >= 11 is 0. The molecular formula is C22H18FNO2. The number of carbonyl (C=O) groups excluding carboxylic acids is 1. The number of hydrogen-bond acceptors (Lipinski definition) is 3. The minimum absolute atomic E-state index is 0.0955. The Bertz CT molecular complexity index is 979. The third-order valence-corrected chi connectivity index (χ3v) is 3.87. The zero-order valence-corrected chi connectivity index (χ0v) is 14.6. The monoisotopic (exact) mass is 347 g/mol. The molecule has 0 aliphatic carbocycles. The van der Waals surface area contributed by atoms with Gasteiger partial charge in [-0.2, -0.15) is 0 Å². The number of esters is 1. The van der Waals surface area contributed by atoms with E-state index in [-0.39, 0.29) is 5.56 Å². The average Bonchev–Trinajstić information content (AvgIpc) is 2.61. The van der Waals surface area contributed by atoms with Gasteiger partial charge in [0.25, 0.3) is 0 Å². The molecule has 0 atom stereocenters. The van der Waals surface area contributed by atoms with Gasteiger partial charge in [-0.3, -0.25) is 4.99 Å². The molecule has 0 unspecified atom stereocenters. The van der Waals surface area contributed by atoms with Crippen LogP contribution in [0.1, 0.15) is 27.0 Å². The van der Waals surface area contributed by atoms with Gasteiger partial charge in [-0.15, -0.1) is 0 Å². The van der Waals surface area contributed by atoms with Crippen molar-refractivity contribution in [3.8, 4) is 5.75 Å². The Morgan fingerprint density at radius 3 is 2.58 bits per heavy atom. The molecule has 0 amide bonds. The van der Waals surface area contributed by atoms with E-state index in [4.69, 9.17) is 4.74 Å². The van der Waals surface area contributed by atoms with E-state index in [1.165, 1.54) is 23.8 Å². The van der Waals surface area contributed by atoms with Crippen LogP contribution >= 0.6 is 0 Å². The fraction of sp³-hybridized carbons (Fsp3) is 0.0909. The Hall–Kier alpha value is -3.27. The Kier molecular flexibility index (Phi) is 5.23. The van der Waals surface area contributed by atoms with Crippen LogP contribution in [0.25, 0.3) is 0 Å². The molecule has 3 aromatic rings. The number of ether oxygens (including phenoxy) is 1. The molecule has 26 heavy (non-hydrogen) atoms. The lowest BCUT2D eigenvalue weighted by Crippen LogP contribution is -2.10. The largest absolute Gasteiger partial charge is 0.423 e. The smallest absolute Gasteiger partial charge is 0.346 e. The van der Waals surface area contributed by atoms with E-state index in [2.05, 4.69) is 11.1 Å². The summed E-state index contributed by atoms with van der Waals surface area (Å²) in [4.78, 5) is 16.6. The first-order valence-electron chi connectivity index (χ1n) is 8.21. The maximum atomic E-state index is 13.7. The summed E-state index contributed by atoms with van der Waals surface area (Å²) in [6, 6.07) is 18.7. The molecule has 0 radical (unpaired) electrons. The molecule has 0 fully saturated rings. The van der Waals surface area contributed by atoms with Crippen LogP contribution in [0.15, 0.2) is 71.7 Å². The first-order valence-corrected chi connectivity index (χ1v) is 8.21. The molecule has 3 rings (SSSR count). The summed E-state index contributed by atoms with van der Waals surface area (Å²) in [5.41, 5.74) is 3.84. The highest BCUT2D eigenvalue weighted by molar-refractivity contribution is 5.91. The van der Waals surface area contributed by atoms with Crippen molar-refractivity contribution < 1.29 is 13.9 Å². The standard InChI is InChI=1S/C22H18FNO2/c1-15-10-11-21(16(2)12-15)24-14-17-6-5-7-18(13-17)26-22(25)19-8-3-4-9-20(19)23/h3-14H,1-2H3. The van der Waals surface area contributed by atoms with Gasteiger partial charge in [-0.1, -0.05) is 42.0 Å². The van der Waals surface area contributed by atoms with E-state index in [9.17, 15) is 9.18 Å². The van der Waals surface area contributed by atoms with Crippen molar-refractivity contribution in [2.45, 2.75) is 13.8 Å². The fourth-order valence-corrected chi connectivity index (χ4v) is 2.54. The van der Waals surface area contributed by atoms with Crippen LogP contribution in [0, 0.1) is 19.7 Å². The summed E-state index contributed by atoms with van der Waals surface area (Å²) in [5.74, 6) is -1.00. The second-order valence-corrected chi connectivity index (χ2v) is 5.99. The Balaban J connectivity index is 1.77. The first-order chi connectivity index (χ1) is 12.5. The molecule has 0 spiro atoms. The maximum absolute atomic E-state index is 13.7. The number of hydrogen-bond donors (Lipinski definition) is 0. The van der Waals surface area contributed by atoms with Crippen molar-refractivity contribution in [1.29, 1.82) is 0 Å². The van der Waals surface area contributed by atoms with Crippen LogP contribution in [0.5, 0.6) is 5.75 Å². The van der Waals surface area contributed by atoms with E-state index in [1.54, 1.807) is 30.5 Å². The van der Waals surface area contributed by atoms with Gasteiger partial charge in [0, 0.05) is 6.21 Å². The van der Waals surface area contributed by atoms with Crippen LogP contribution < -0.4 is 4.74 Å². The van der Waals surface area contributed by atoms with Gasteiger partial charge in [-0.25, -0.2) is 9.18 Å². The van der Waals surface area contributed by atoms with Gasteiger partial charge in [0.2, 0.25) is 0 Å². The second kappa shape index (κ2) is 7.74. The molecule has 0 saturated carbocycles. The van der Waals surface area contributed by atoms with Crippen molar-refractivity contribution in [2.75, 3.05) is 0 Å². The van der Waals surface area contributed by atoms with Crippen molar-refractivity contribution in [1.82, 2.24) is 0 Å². The van der Waals surface area contributed by atoms with Gasteiger partial charge in [0.1, 0.15) is 11.6 Å².